The van der Waals surface area contributed by atoms with Crippen molar-refractivity contribution in [2.45, 2.75) is 13.5 Å². The van der Waals surface area contributed by atoms with E-state index in [4.69, 9.17) is 4.52 Å². The molecule has 2 heterocycles. The van der Waals surface area contributed by atoms with Crippen molar-refractivity contribution in [1.82, 2.24) is 20.4 Å². The first-order valence-corrected chi connectivity index (χ1v) is 4.03. The van der Waals surface area contributed by atoms with Crippen molar-refractivity contribution in [3.05, 3.63) is 11.7 Å². The third-order valence-electron chi connectivity index (χ3n) is 1.76. The van der Waals surface area contributed by atoms with E-state index >= 15 is 0 Å². The maximum absolute atomic E-state index is 11.1. The van der Waals surface area contributed by atoms with E-state index in [0.717, 1.165) is 0 Å². The number of aryl methyl sites for hydroxylation is 1. The molecule has 1 aromatic heterocycles. The van der Waals surface area contributed by atoms with Crippen LogP contribution in [0.25, 0.3) is 0 Å². The lowest BCUT2D eigenvalue weighted by molar-refractivity contribution is -0.118. The number of imide groups is 1. The highest BCUT2D eigenvalue weighted by atomic mass is 16.5. The molecule has 1 aromatic rings. The molecule has 1 aliphatic heterocycles. The van der Waals surface area contributed by atoms with Gasteiger partial charge in [-0.1, -0.05) is 5.16 Å². The quantitative estimate of drug-likeness (QED) is 0.640. The van der Waals surface area contributed by atoms with E-state index in [-0.39, 0.29) is 19.0 Å². The van der Waals surface area contributed by atoms with Crippen LogP contribution in [-0.2, 0) is 11.3 Å². The second kappa shape index (κ2) is 3.09. The molecule has 74 valence electrons. The molecule has 0 saturated carbocycles. The largest absolute Gasteiger partial charge is 0.337 e. The highest BCUT2D eigenvalue weighted by Gasteiger charge is 2.27. The predicted molar refractivity (Wildman–Crippen MR) is 43.0 cm³/mol. The summed E-state index contributed by atoms with van der Waals surface area (Å²) in [7, 11) is 0. The first kappa shape index (κ1) is 8.67. The van der Waals surface area contributed by atoms with Gasteiger partial charge in [-0.05, 0) is 6.92 Å². The van der Waals surface area contributed by atoms with Gasteiger partial charge in [0.2, 0.25) is 11.8 Å². The molecule has 1 saturated heterocycles. The van der Waals surface area contributed by atoms with Crippen LogP contribution in [0.5, 0.6) is 0 Å². The Kier molecular flexibility index (Phi) is 1.91. The third-order valence-corrected chi connectivity index (χ3v) is 1.76. The topological polar surface area (TPSA) is 88.3 Å². The number of rotatable bonds is 2. The number of hydrogen-bond acceptors (Lipinski definition) is 5. The van der Waals surface area contributed by atoms with Gasteiger partial charge < -0.3 is 9.42 Å². The molecule has 7 heteroatoms. The Morgan fingerprint density at radius 2 is 2.36 bits per heavy atom. The lowest BCUT2D eigenvalue weighted by atomic mass is 10.5. The molecule has 1 N–H and O–H groups in total. The second-order valence-corrected chi connectivity index (χ2v) is 2.94. The van der Waals surface area contributed by atoms with Crippen molar-refractivity contribution in [1.29, 1.82) is 0 Å². The molecular formula is C7H8N4O3. The number of amides is 3. The Hall–Kier alpha value is -1.92. The zero-order chi connectivity index (χ0) is 10.1. The van der Waals surface area contributed by atoms with Gasteiger partial charge in [-0.15, -0.1) is 0 Å². The maximum atomic E-state index is 11.1. The van der Waals surface area contributed by atoms with Crippen molar-refractivity contribution >= 4 is 11.9 Å². The zero-order valence-corrected chi connectivity index (χ0v) is 7.48. The Morgan fingerprint density at radius 1 is 1.57 bits per heavy atom. The summed E-state index contributed by atoms with van der Waals surface area (Å²) in [4.78, 5) is 27.1. The van der Waals surface area contributed by atoms with E-state index in [1.165, 1.54) is 4.90 Å². The summed E-state index contributed by atoms with van der Waals surface area (Å²) in [6.07, 6.45) is 0. The predicted octanol–water partition coefficient (Wildman–Crippen LogP) is -0.570. The van der Waals surface area contributed by atoms with Crippen molar-refractivity contribution in [3.63, 3.8) is 0 Å². The van der Waals surface area contributed by atoms with Gasteiger partial charge in [0.25, 0.3) is 0 Å². The summed E-state index contributed by atoms with van der Waals surface area (Å²) in [5.74, 6) is 0.518. The van der Waals surface area contributed by atoms with Gasteiger partial charge in [0.15, 0.2) is 5.82 Å². The molecule has 3 amide bonds. The van der Waals surface area contributed by atoms with Gasteiger partial charge >= 0.3 is 6.03 Å². The summed E-state index contributed by atoms with van der Waals surface area (Å²) in [6.45, 7) is 1.89. The van der Waals surface area contributed by atoms with Crippen molar-refractivity contribution in [2.75, 3.05) is 6.54 Å². The zero-order valence-electron chi connectivity index (χ0n) is 7.48. The smallest absolute Gasteiger partial charge is 0.325 e. The van der Waals surface area contributed by atoms with Crippen LogP contribution in [0, 0.1) is 6.92 Å². The van der Waals surface area contributed by atoms with E-state index in [1.807, 2.05) is 0 Å². The van der Waals surface area contributed by atoms with E-state index in [9.17, 15) is 9.59 Å². The molecule has 14 heavy (non-hydrogen) atoms. The lowest BCUT2D eigenvalue weighted by Gasteiger charge is -2.08. The molecule has 2 rings (SSSR count). The average Bonchev–Trinajstić information content (AvgIpc) is 2.61. The van der Waals surface area contributed by atoms with Gasteiger partial charge in [0.1, 0.15) is 13.1 Å². The summed E-state index contributed by atoms with van der Waals surface area (Å²) in [5.41, 5.74) is 0. The minimum Gasteiger partial charge on any atom is -0.337 e. The van der Waals surface area contributed by atoms with Gasteiger partial charge in [-0.3, -0.25) is 10.1 Å². The number of nitrogens with zero attached hydrogens (tertiary/aromatic N) is 3. The molecule has 0 aliphatic carbocycles. The summed E-state index contributed by atoms with van der Waals surface area (Å²) in [5, 5.41) is 5.73. The summed E-state index contributed by atoms with van der Waals surface area (Å²) < 4.78 is 4.82. The average molecular weight is 196 g/mol. The summed E-state index contributed by atoms with van der Waals surface area (Å²) >= 11 is 0. The molecule has 0 spiro atoms. The molecule has 0 bridgehead atoms. The number of carbonyl (C=O) groups excluding carboxylic acids is 2. The number of carbonyl (C=O) groups is 2. The monoisotopic (exact) mass is 196 g/mol. The van der Waals surface area contributed by atoms with Crippen LogP contribution in [0.15, 0.2) is 4.52 Å². The Bertz CT molecular complexity index is 386. The molecule has 1 fully saturated rings. The molecule has 0 unspecified atom stereocenters. The van der Waals surface area contributed by atoms with Crippen LogP contribution in [0.1, 0.15) is 11.7 Å². The Labute approximate surface area is 79.1 Å². The number of urea groups is 1. The minimum atomic E-state index is -0.425. The molecule has 0 radical (unpaired) electrons. The summed E-state index contributed by atoms with van der Waals surface area (Å²) in [6, 6.07) is -0.425. The number of hydrogen-bond donors (Lipinski definition) is 1. The first-order valence-electron chi connectivity index (χ1n) is 4.03. The van der Waals surface area contributed by atoms with E-state index in [1.54, 1.807) is 6.92 Å². The van der Waals surface area contributed by atoms with Gasteiger partial charge in [-0.2, -0.15) is 4.98 Å². The normalized spacial score (nSPS) is 16.2. The number of nitrogens with one attached hydrogen (secondary N) is 1. The van der Waals surface area contributed by atoms with Gasteiger partial charge in [0.05, 0.1) is 0 Å². The van der Waals surface area contributed by atoms with E-state index < -0.39 is 6.03 Å². The van der Waals surface area contributed by atoms with Crippen molar-refractivity contribution < 1.29 is 14.1 Å². The van der Waals surface area contributed by atoms with E-state index in [0.29, 0.717) is 11.7 Å². The van der Waals surface area contributed by atoms with Crippen LogP contribution in [0.3, 0.4) is 0 Å². The lowest BCUT2D eigenvalue weighted by Crippen LogP contribution is -2.27. The molecule has 0 aromatic carbocycles. The standard InChI is InChI=1S/C7H8N4O3/c1-4-8-6(14-10-4)3-11-2-5(12)9-7(11)13/h2-3H2,1H3,(H,9,12,13). The SMILES string of the molecule is Cc1noc(CN2CC(=O)NC2=O)n1. The fraction of sp³-hybridized carbons (Fsp3) is 0.429. The molecule has 7 nitrogen and oxygen atoms in total. The van der Waals surface area contributed by atoms with Crippen LogP contribution in [-0.4, -0.2) is 33.5 Å². The highest BCUT2D eigenvalue weighted by Crippen LogP contribution is 2.05. The molecule has 1 aliphatic rings. The fourth-order valence-corrected chi connectivity index (χ4v) is 1.18. The third kappa shape index (κ3) is 1.56. The van der Waals surface area contributed by atoms with Gasteiger partial charge in [0, 0.05) is 0 Å². The van der Waals surface area contributed by atoms with Crippen molar-refractivity contribution in [2.24, 2.45) is 0 Å². The fourth-order valence-electron chi connectivity index (χ4n) is 1.18. The second-order valence-electron chi connectivity index (χ2n) is 2.94. The Balaban J connectivity index is 2.05. The highest BCUT2D eigenvalue weighted by molar-refractivity contribution is 6.01. The Morgan fingerprint density at radius 3 is 2.86 bits per heavy atom. The van der Waals surface area contributed by atoms with Gasteiger partial charge in [-0.25, -0.2) is 4.79 Å². The number of aromatic nitrogens is 2. The van der Waals surface area contributed by atoms with Crippen LogP contribution in [0.2, 0.25) is 0 Å². The van der Waals surface area contributed by atoms with Crippen LogP contribution >= 0.6 is 0 Å². The van der Waals surface area contributed by atoms with Crippen LogP contribution < -0.4 is 5.32 Å². The maximum Gasteiger partial charge on any atom is 0.325 e. The van der Waals surface area contributed by atoms with Crippen LogP contribution in [0.4, 0.5) is 4.79 Å². The van der Waals surface area contributed by atoms with E-state index in [2.05, 4.69) is 15.5 Å². The van der Waals surface area contributed by atoms with Crippen molar-refractivity contribution in [3.8, 4) is 0 Å². The molecular weight excluding hydrogens is 188 g/mol. The first-order chi connectivity index (χ1) is 6.65. The minimum absolute atomic E-state index is 0.0419. The molecule has 0 atom stereocenters.